The number of methoxy groups -OCH3 is 1. The first-order valence-corrected chi connectivity index (χ1v) is 8.92. The highest BCUT2D eigenvalue weighted by molar-refractivity contribution is 5.92. The Bertz CT molecular complexity index is 1070. The summed E-state index contributed by atoms with van der Waals surface area (Å²) in [6.45, 7) is 1.35. The van der Waals surface area contributed by atoms with Crippen molar-refractivity contribution in [1.29, 1.82) is 0 Å². The van der Waals surface area contributed by atoms with Crippen LogP contribution in [0.15, 0.2) is 53.1 Å². The Labute approximate surface area is 172 Å². The van der Waals surface area contributed by atoms with Crippen molar-refractivity contribution in [1.82, 2.24) is 5.16 Å². The fourth-order valence-electron chi connectivity index (χ4n) is 2.61. The quantitative estimate of drug-likeness (QED) is 0.440. The molecule has 9 heteroatoms. The van der Waals surface area contributed by atoms with Gasteiger partial charge >= 0.3 is 5.69 Å². The minimum absolute atomic E-state index is 0.0760. The van der Waals surface area contributed by atoms with Crippen molar-refractivity contribution in [3.05, 3.63) is 75.7 Å². The standard InChI is InChI=1S/C21H19N3O6/c1-14-21(24(26)27)19(30-23-14)11-8-15-6-9-17(10-7-15)29-13-20(25)22-16-4-3-5-18(12-16)28-2/h3-12H,13H2,1-2H3,(H,22,25)/b11-8+. The van der Waals surface area contributed by atoms with E-state index in [0.717, 1.165) is 5.56 Å². The van der Waals surface area contributed by atoms with Crippen molar-refractivity contribution >= 4 is 29.4 Å². The highest BCUT2D eigenvalue weighted by Gasteiger charge is 2.21. The van der Waals surface area contributed by atoms with E-state index in [1.807, 2.05) is 0 Å². The molecule has 154 valence electrons. The lowest BCUT2D eigenvalue weighted by atomic mass is 10.2. The molecule has 0 saturated carbocycles. The molecule has 0 fully saturated rings. The zero-order chi connectivity index (χ0) is 21.5. The summed E-state index contributed by atoms with van der Waals surface area (Å²) in [6.07, 6.45) is 3.14. The zero-order valence-corrected chi connectivity index (χ0v) is 16.3. The first-order valence-electron chi connectivity index (χ1n) is 8.92. The lowest BCUT2D eigenvalue weighted by Gasteiger charge is -2.08. The molecule has 3 rings (SSSR count). The van der Waals surface area contributed by atoms with Crippen LogP contribution in [-0.2, 0) is 4.79 Å². The number of aromatic nitrogens is 1. The van der Waals surface area contributed by atoms with Crippen molar-refractivity contribution in [3.8, 4) is 11.5 Å². The molecule has 0 bridgehead atoms. The molecule has 0 radical (unpaired) electrons. The average Bonchev–Trinajstić information content (AvgIpc) is 3.12. The molecule has 1 heterocycles. The Morgan fingerprint density at radius 3 is 2.67 bits per heavy atom. The summed E-state index contributed by atoms with van der Waals surface area (Å²) in [4.78, 5) is 22.6. The monoisotopic (exact) mass is 409 g/mol. The van der Waals surface area contributed by atoms with E-state index in [2.05, 4.69) is 10.5 Å². The van der Waals surface area contributed by atoms with Crippen molar-refractivity contribution in [2.75, 3.05) is 19.0 Å². The van der Waals surface area contributed by atoms with Crippen LogP contribution in [0.1, 0.15) is 17.0 Å². The first-order chi connectivity index (χ1) is 14.5. The molecule has 0 aliphatic carbocycles. The van der Waals surface area contributed by atoms with Crippen molar-refractivity contribution in [3.63, 3.8) is 0 Å². The van der Waals surface area contributed by atoms with Gasteiger partial charge in [0.05, 0.1) is 12.0 Å². The van der Waals surface area contributed by atoms with Gasteiger partial charge in [-0.3, -0.25) is 14.9 Å². The number of aryl methyl sites for hydroxylation is 1. The molecule has 0 atom stereocenters. The lowest BCUT2D eigenvalue weighted by molar-refractivity contribution is -0.386. The fourth-order valence-corrected chi connectivity index (χ4v) is 2.61. The van der Waals surface area contributed by atoms with Crippen molar-refractivity contribution < 1.29 is 23.7 Å². The van der Waals surface area contributed by atoms with E-state index < -0.39 is 4.92 Å². The van der Waals surface area contributed by atoms with Gasteiger partial charge in [0.2, 0.25) is 5.76 Å². The van der Waals surface area contributed by atoms with Crippen LogP contribution in [0.5, 0.6) is 11.5 Å². The summed E-state index contributed by atoms with van der Waals surface area (Å²) in [5, 5.41) is 17.4. The van der Waals surface area contributed by atoms with Gasteiger partial charge in [-0.05, 0) is 42.8 Å². The number of hydrogen-bond donors (Lipinski definition) is 1. The number of carbonyl (C=O) groups excluding carboxylic acids is 1. The van der Waals surface area contributed by atoms with Crippen LogP contribution >= 0.6 is 0 Å². The summed E-state index contributed by atoms with van der Waals surface area (Å²) >= 11 is 0. The van der Waals surface area contributed by atoms with Crippen LogP contribution in [0.2, 0.25) is 0 Å². The van der Waals surface area contributed by atoms with Crippen molar-refractivity contribution in [2.45, 2.75) is 6.92 Å². The minimum atomic E-state index is -0.529. The van der Waals surface area contributed by atoms with Gasteiger partial charge < -0.3 is 19.3 Å². The summed E-state index contributed by atoms with van der Waals surface area (Å²) in [5.41, 5.74) is 1.44. The van der Waals surface area contributed by atoms with E-state index in [1.54, 1.807) is 61.7 Å². The number of nitro groups is 1. The number of carbonyl (C=O) groups is 1. The van der Waals surface area contributed by atoms with Crippen LogP contribution in [0.3, 0.4) is 0 Å². The zero-order valence-electron chi connectivity index (χ0n) is 16.3. The molecule has 0 unspecified atom stereocenters. The second kappa shape index (κ2) is 9.37. The first kappa shape index (κ1) is 20.6. The average molecular weight is 409 g/mol. The van der Waals surface area contributed by atoms with Gasteiger partial charge in [-0.2, -0.15) is 0 Å². The lowest BCUT2D eigenvalue weighted by Crippen LogP contribution is -2.20. The SMILES string of the molecule is COc1cccc(NC(=O)COc2ccc(/C=C/c3onc(C)c3[N+](=O)[O-])cc2)c1. The molecule has 1 amide bonds. The van der Waals surface area contributed by atoms with E-state index in [1.165, 1.54) is 13.0 Å². The highest BCUT2D eigenvalue weighted by atomic mass is 16.6. The van der Waals surface area contributed by atoms with E-state index in [9.17, 15) is 14.9 Å². The Kier molecular flexibility index (Phi) is 6.43. The van der Waals surface area contributed by atoms with Gasteiger partial charge in [-0.25, -0.2) is 0 Å². The number of nitrogens with zero attached hydrogens (tertiary/aromatic N) is 2. The van der Waals surface area contributed by atoms with E-state index >= 15 is 0 Å². The van der Waals surface area contributed by atoms with E-state index in [4.69, 9.17) is 14.0 Å². The van der Waals surface area contributed by atoms with Gasteiger partial charge in [-0.1, -0.05) is 29.4 Å². The van der Waals surface area contributed by atoms with Gasteiger partial charge in [0, 0.05) is 11.8 Å². The van der Waals surface area contributed by atoms with E-state index in [-0.39, 0.29) is 29.7 Å². The van der Waals surface area contributed by atoms with Crippen molar-refractivity contribution in [2.24, 2.45) is 0 Å². The fraction of sp³-hybridized carbons (Fsp3) is 0.143. The predicted molar refractivity (Wildman–Crippen MR) is 110 cm³/mol. The molecule has 0 saturated heterocycles. The summed E-state index contributed by atoms with van der Waals surface area (Å²) < 4.78 is 15.6. The van der Waals surface area contributed by atoms with Gasteiger partial charge in [0.25, 0.3) is 5.91 Å². The topological polar surface area (TPSA) is 117 Å². The number of nitrogens with one attached hydrogen (secondary N) is 1. The van der Waals surface area contributed by atoms with Crippen LogP contribution in [0.25, 0.3) is 12.2 Å². The number of anilines is 1. The van der Waals surface area contributed by atoms with Crippen LogP contribution in [0, 0.1) is 17.0 Å². The molecule has 30 heavy (non-hydrogen) atoms. The third-order valence-electron chi connectivity index (χ3n) is 4.07. The number of ether oxygens (including phenoxy) is 2. The summed E-state index contributed by atoms with van der Waals surface area (Å²) in [7, 11) is 1.55. The molecule has 1 aromatic heterocycles. The Morgan fingerprint density at radius 1 is 1.20 bits per heavy atom. The molecule has 3 aromatic rings. The number of benzene rings is 2. The molecular weight excluding hydrogens is 390 g/mol. The summed E-state index contributed by atoms with van der Waals surface area (Å²) in [5.74, 6) is 0.921. The Hall–Kier alpha value is -4.14. The number of rotatable bonds is 8. The maximum atomic E-state index is 12.0. The number of amides is 1. The Morgan fingerprint density at radius 2 is 1.97 bits per heavy atom. The molecule has 0 aliphatic rings. The van der Waals surface area contributed by atoms with Gasteiger partial charge in [0.15, 0.2) is 12.3 Å². The largest absolute Gasteiger partial charge is 0.497 e. The second-order valence-corrected chi connectivity index (χ2v) is 6.21. The normalized spacial score (nSPS) is 10.7. The number of hydrogen-bond acceptors (Lipinski definition) is 7. The van der Waals surface area contributed by atoms with Crippen LogP contribution in [0.4, 0.5) is 11.4 Å². The molecular formula is C21H19N3O6. The highest BCUT2D eigenvalue weighted by Crippen LogP contribution is 2.25. The summed E-state index contributed by atoms with van der Waals surface area (Å²) in [6, 6.07) is 13.9. The smallest absolute Gasteiger partial charge is 0.338 e. The minimum Gasteiger partial charge on any atom is -0.497 e. The van der Waals surface area contributed by atoms with Crippen LogP contribution < -0.4 is 14.8 Å². The second-order valence-electron chi connectivity index (χ2n) is 6.21. The van der Waals surface area contributed by atoms with Crippen LogP contribution in [-0.4, -0.2) is 29.7 Å². The Balaban J connectivity index is 1.55. The van der Waals surface area contributed by atoms with E-state index in [0.29, 0.717) is 17.2 Å². The molecule has 0 aliphatic heterocycles. The van der Waals surface area contributed by atoms with Gasteiger partial charge in [-0.15, -0.1) is 0 Å². The third kappa shape index (κ3) is 5.22. The maximum absolute atomic E-state index is 12.0. The molecule has 9 nitrogen and oxygen atoms in total. The molecule has 0 spiro atoms. The third-order valence-corrected chi connectivity index (χ3v) is 4.07. The van der Waals surface area contributed by atoms with Gasteiger partial charge in [0.1, 0.15) is 11.5 Å². The predicted octanol–water partition coefficient (Wildman–Crippen LogP) is 4.09. The molecule has 1 N–H and O–H groups in total. The maximum Gasteiger partial charge on any atom is 0.338 e. The molecule has 2 aromatic carbocycles.